The number of halogens is 4. The van der Waals surface area contributed by atoms with Crippen LogP contribution >= 0.6 is 50.7 Å². The first kappa shape index (κ1) is 31.2. The number of anilines is 1. The Morgan fingerprint density at radius 1 is 0.923 bits per heavy atom. The van der Waals surface area contributed by atoms with Crippen LogP contribution in [0.15, 0.2) is 71.2 Å². The molecule has 39 heavy (non-hydrogen) atoms. The van der Waals surface area contributed by atoms with Crippen LogP contribution in [0.3, 0.4) is 0 Å². The largest absolute Gasteiger partial charge is 0.355 e. The van der Waals surface area contributed by atoms with Gasteiger partial charge >= 0.3 is 0 Å². The maximum Gasteiger partial charge on any atom is 0.244 e. The predicted molar refractivity (Wildman–Crippen MR) is 161 cm³/mol. The fraction of sp³-hybridized carbons (Fsp3) is 0.259. The summed E-state index contributed by atoms with van der Waals surface area (Å²) in [7, 11) is -4.00. The quantitative estimate of drug-likeness (QED) is 0.255. The van der Waals surface area contributed by atoms with E-state index in [2.05, 4.69) is 21.2 Å². The standard InChI is InChI=1S/C27H27BrCl3N3O4S/c1-3-32-27(36)25(13-18-8-5-4-6-9-18)33(16-19-10-7-11-20(28)12-19)26(35)17-34(39(2,37)38)24-15-22(30)21(29)14-23(24)31/h4-12,14-15,25H,3,13,16-17H2,1-2H3,(H,32,36)/t25-/m1/s1. The molecular formula is C27H27BrCl3N3O4S. The molecule has 1 N–H and O–H groups in total. The molecule has 12 heteroatoms. The molecule has 2 amide bonds. The number of likely N-dealkylation sites (N-methyl/N-ethyl adjacent to an activating group) is 1. The third-order valence-electron chi connectivity index (χ3n) is 5.80. The molecule has 3 aromatic rings. The van der Waals surface area contributed by atoms with Crippen LogP contribution in [0.2, 0.25) is 15.1 Å². The summed E-state index contributed by atoms with van der Waals surface area (Å²) in [6, 6.07) is 18.3. The number of hydrogen-bond donors (Lipinski definition) is 1. The van der Waals surface area contributed by atoms with Crippen LogP contribution in [0.5, 0.6) is 0 Å². The molecule has 0 bridgehead atoms. The molecule has 1 atom stereocenters. The number of rotatable bonds is 11. The summed E-state index contributed by atoms with van der Waals surface area (Å²) in [5.74, 6) is -0.960. The van der Waals surface area contributed by atoms with Gasteiger partial charge in [-0.3, -0.25) is 13.9 Å². The molecule has 0 aliphatic rings. The molecule has 3 rings (SSSR count). The highest BCUT2D eigenvalue weighted by atomic mass is 79.9. The zero-order chi connectivity index (χ0) is 28.7. The van der Waals surface area contributed by atoms with Crippen molar-refractivity contribution in [1.82, 2.24) is 10.2 Å². The van der Waals surface area contributed by atoms with Gasteiger partial charge in [0.1, 0.15) is 12.6 Å². The molecule has 0 fully saturated rings. The third kappa shape index (κ3) is 8.59. The lowest BCUT2D eigenvalue weighted by molar-refractivity contribution is -0.140. The lowest BCUT2D eigenvalue weighted by Crippen LogP contribution is -2.53. The number of carbonyl (C=O) groups is 2. The van der Waals surface area contributed by atoms with E-state index in [1.807, 2.05) is 54.6 Å². The SMILES string of the molecule is CCNC(=O)[C@@H](Cc1ccccc1)N(Cc1cccc(Br)c1)C(=O)CN(c1cc(Cl)c(Cl)cc1Cl)S(C)(=O)=O. The van der Waals surface area contributed by atoms with Crippen molar-refractivity contribution in [2.24, 2.45) is 0 Å². The summed E-state index contributed by atoms with van der Waals surface area (Å²) < 4.78 is 27.4. The first-order valence-corrected chi connectivity index (χ1v) is 15.7. The summed E-state index contributed by atoms with van der Waals surface area (Å²) in [4.78, 5) is 28.7. The minimum atomic E-state index is -4.00. The predicted octanol–water partition coefficient (Wildman–Crippen LogP) is 5.95. The number of benzene rings is 3. The molecule has 3 aromatic carbocycles. The Kier molecular flexibility index (Phi) is 11.1. The zero-order valence-corrected chi connectivity index (χ0v) is 25.9. The van der Waals surface area contributed by atoms with E-state index in [0.717, 1.165) is 26.2 Å². The van der Waals surface area contributed by atoms with E-state index in [1.54, 1.807) is 6.92 Å². The molecule has 0 spiro atoms. The normalized spacial score (nSPS) is 12.1. The second-order valence-electron chi connectivity index (χ2n) is 8.74. The van der Waals surface area contributed by atoms with Gasteiger partial charge in [-0.25, -0.2) is 8.42 Å². The molecule has 208 valence electrons. The van der Waals surface area contributed by atoms with Crippen molar-refractivity contribution >= 4 is 78.3 Å². The first-order valence-electron chi connectivity index (χ1n) is 11.9. The topological polar surface area (TPSA) is 86.8 Å². The van der Waals surface area contributed by atoms with Gasteiger partial charge in [-0.15, -0.1) is 0 Å². The van der Waals surface area contributed by atoms with Gasteiger partial charge in [0.05, 0.1) is 27.0 Å². The Labute approximate surface area is 252 Å². The van der Waals surface area contributed by atoms with Gasteiger partial charge in [-0.05, 0) is 42.3 Å². The maximum atomic E-state index is 14.0. The van der Waals surface area contributed by atoms with Crippen molar-refractivity contribution in [2.75, 3.05) is 23.7 Å². The molecule has 0 radical (unpaired) electrons. The zero-order valence-electron chi connectivity index (χ0n) is 21.2. The smallest absolute Gasteiger partial charge is 0.244 e. The Morgan fingerprint density at radius 2 is 1.56 bits per heavy atom. The molecule has 0 aromatic heterocycles. The maximum absolute atomic E-state index is 14.0. The van der Waals surface area contributed by atoms with Crippen molar-refractivity contribution in [3.63, 3.8) is 0 Å². The summed E-state index contributed by atoms with van der Waals surface area (Å²) in [6.45, 7) is 1.59. The van der Waals surface area contributed by atoms with Gasteiger partial charge in [0, 0.05) is 24.0 Å². The molecule has 0 saturated carbocycles. The summed E-state index contributed by atoms with van der Waals surface area (Å²) in [5.41, 5.74) is 1.59. The summed E-state index contributed by atoms with van der Waals surface area (Å²) >= 11 is 22.0. The Hall–Kier alpha value is -2.30. The highest BCUT2D eigenvalue weighted by Gasteiger charge is 2.33. The number of hydrogen-bond acceptors (Lipinski definition) is 4. The van der Waals surface area contributed by atoms with Gasteiger partial charge in [0.2, 0.25) is 21.8 Å². The van der Waals surface area contributed by atoms with E-state index in [4.69, 9.17) is 34.8 Å². The van der Waals surface area contributed by atoms with E-state index >= 15 is 0 Å². The number of carbonyl (C=O) groups excluding carboxylic acids is 2. The van der Waals surface area contributed by atoms with Crippen molar-refractivity contribution in [3.05, 3.63) is 97.4 Å². The van der Waals surface area contributed by atoms with Crippen molar-refractivity contribution in [1.29, 1.82) is 0 Å². The van der Waals surface area contributed by atoms with Crippen LogP contribution in [0.4, 0.5) is 5.69 Å². The highest BCUT2D eigenvalue weighted by Crippen LogP contribution is 2.35. The van der Waals surface area contributed by atoms with Gasteiger partial charge < -0.3 is 10.2 Å². The molecule has 0 unspecified atom stereocenters. The average molecular weight is 676 g/mol. The minimum absolute atomic E-state index is 0.00180. The molecule has 0 heterocycles. The Bertz CT molecular complexity index is 1440. The fourth-order valence-corrected chi connectivity index (χ4v) is 5.97. The van der Waals surface area contributed by atoms with E-state index in [1.165, 1.54) is 17.0 Å². The minimum Gasteiger partial charge on any atom is -0.355 e. The molecular weight excluding hydrogens is 649 g/mol. The fourth-order valence-electron chi connectivity index (χ4n) is 3.98. The number of amides is 2. The third-order valence-corrected chi connectivity index (χ3v) is 8.45. The van der Waals surface area contributed by atoms with E-state index < -0.39 is 28.5 Å². The number of nitrogens with zero attached hydrogens (tertiary/aromatic N) is 2. The van der Waals surface area contributed by atoms with Gasteiger partial charge in [-0.1, -0.05) is 93.2 Å². The van der Waals surface area contributed by atoms with Gasteiger partial charge in [-0.2, -0.15) is 0 Å². The molecule has 7 nitrogen and oxygen atoms in total. The van der Waals surface area contributed by atoms with Crippen LogP contribution < -0.4 is 9.62 Å². The van der Waals surface area contributed by atoms with Gasteiger partial charge in [0.15, 0.2) is 0 Å². The van der Waals surface area contributed by atoms with E-state index in [0.29, 0.717) is 6.54 Å². The monoisotopic (exact) mass is 673 g/mol. The second-order valence-corrected chi connectivity index (χ2v) is 12.8. The van der Waals surface area contributed by atoms with Crippen LogP contribution in [0, 0.1) is 0 Å². The highest BCUT2D eigenvalue weighted by molar-refractivity contribution is 9.10. The van der Waals surface area contributed by atoms with Crippen molar-refractivity contribution < 1.29 is 18.0 Å². The summed E-state index contributed by atoms with van der Waals surface area (Å²) in [5, 5.41) is 3.03. The first-order chi connectivity index (χ1) is 18.4. The number of nitrogens with one attached hydrogen (secondary N) is 1. The van der Waals surface area contributed by atoms with E-state index in [9.17, 15) is 18.0 Å². The second kappa shape index (κ2) is 13.9. The average Bonchev–Trinajstić information content (AvgIpc) is 2.87. The molecule has 0 aliphatic carbocycles. The van der Waals surface area contributed by atoms with Gasteiger partial charge in [0.25, 0.3) is 0 Å². The molecule has 0 saturated heterocycles. The van der Waals surface area contributed by atoms with Crippen LogP contribution in [-0.4, -0.2) is 50.5 Å². The van der Waals surface area contributed by atoms with Crippen LogP contribution in [-0.2, 0) is 32.6 Å². The Balaban J connectivity index is 2.08. The lowest BCUT2D eigenvalue weighted by Gasteiger charge is -2.33. The van der Waals surface area contributed by atoms with Crippen LogP contribution in [0.25, 0.3) is 0 Å². The van der Waals surface area contributed by atoms with E-state index in [-0.39, 0.29) is 39.6 Å². The van der Waals surface area contributed by atoms with Crippen LogP contribution in [0.1, 0.15) is 18.1 Å². The number of sulfonamides is 1. The molecule has 0 aliphatic heterocycles. The van der Waals surface area contributed by atoms with Crippen molar-refractivity contribution in [3.8, 4) is 0 Å². The lowest BCUT2D eigenvalue weighted by atomic mass is 10.0. The Morgan fingerprint density at radius 3 is 2.18 bits per heavy atom. The van der Waals surface area contributed by atoms with Crippen molar-refractivity contribution in [2.45, 2.75) is 25.9 Å². The summed E-state index contributed by atoms with van der Waals surface area (Å²) in [6.07, 6.45) is 1.18.